The van der Waals surface area contributed by atoms with Crippen LogP contribution in [0, 0.1) is 6.92 Å². The van der Waals surface area contributed by atoms with Crippen molar-refractivity contribution in [2.45, 2.75) is 60.5 Å². The first-order chi connectivity index (χ1) is 13.0. The monoisotopic (exact) mass is 364 g/mol. The third-order valence-corrected chi connectivity index (χ3v) is 5.12. The van der Waals surface area contributed by atoms with Crippen LogP contribution in [0.15, 0.2) is 54.2 Å². The summed E-state index contributed by atoms with van der Waals surface area (Å²) in [7, 11) is 2.22. The quantitative estimate of drug-likeness (QED) is 0.555. The highest BCUT2D eigenvalue weighted by Crippen LogP contribution is 2.31. The fraction of sp³-hybridized carbons (Fsp3) is 0.440. The van der Waals surface area contributed by atoms with Crippen LogP contribution in [0.3, 0.4) is 0 Å². The van der Waals surface area contributed by atoms with E-state index in [1.54, 1.807) is 0 Å². The van der Waals surface area contributed by atoms with Gasteiger partial charge in [-0.25, -0.2) is 0 Å². The molecule has 0 N–H and O–H groups in total. The Morgan fingerprint density at radius 1 is 1.19 bits per heavy atom. The van der Waals surface area contributed by atoms with Gasteiger partial charge in [-0.2, -0.15) is 0 Å². The second-order valence-corrected chi connectivity index (χ2v) is 7.52. The van der Waals surface area contributed by atoms with E-state index < -0.39 is 0 Å². The van der Waals surface area contributed by atoms with Gasteiger partial charge >= 0.3 is 0 Å². The van der Waals surface area contributed by atoms with Gasteiger partial charge in [-0.1, -0.05) is 55.9 Å². The topological polar surface area (TPSA) is 8.17 Å². The molecule has 0 saturated carbocycles. The predicted molar refractivity (Wildman–Crippen MR) is 120 cm³/mol. The second kappa shape index (κ2) is 9.75. The molecule has 0 saturated heterocycles. The number of benzene rings is 1. The summed E-state index contributed by atoms with van der Waals surface area (Å²) in [6, 6.07) is 6.90. The second-order valence-electron chi connectivity index (χ2n) is 7.52. The Morgan fingerprint density at radius 3 is 2.59 bits per heavy atom. The number of likely N-dealkylation sites (N-methyl/N-ethyl adjacent to an activating group) is 1. The van der Waals surface area contributed by atoms with E-state index in [0.29, 0.717) is 0 Å². The van der Waals surface area contributed by atoms with Crippen molar-refractivity contribution in [1.29, 1.82) is 0 Å². The lowest BCUT2D eigenvalue weighted by atomic mass is 10.0. The summed E-state index contributed by atoms with van der Waals surface area (Å²) in [6.07, 6.45) is 8.54. The molecule has 1 aromatic carbocycles. The Morgan fingerprint density at radius 2 is 1.93 bits per heavy atom. The van der Waals surface area contributed by atoms with Gasteiger partial charge < -0.3 is 9.47 Å². The van der Waals surface area contributed by atoms with Gasteiger partial charge in [-0.3, -0.25) is 0 Å². The van der Waals surface area contributed by atoms with E-state index in [-0.39, 0.29) is 0 Å². The molecule has 1 aliphatic heterocycles. The minimum atomic E-state index is 1.02. The third kappa shape index (κ3) is 5.01. The molecule has 2 nitrogen and oxygen atoms in total. The molecule has 0 unspecified atom stereocenters. The summed E-state index contributed by atoms with van der Waals surface area (Å²) in [5.74, 6) is 0. The molecule has 0 spiro atoms. The number of aryl methyl sites for hydroxylation is 2. The zero-order valence-corrected chi connectivity index (χ0v) is 18.1. The van der Waals surface area contributed by atoms with E-state index in [1.807, 2.05) is 19.9 Å². The normalized spacial score (nSPS) is 14.4. The van der Waals surface area contributed by atoms with Crippen molar-refractivity contribution in [3.05, 3.63) is 71.0 Å². The molecule has 0 atom stereocenters. The number of allylic oxidation sites excluding steroid dienone is 5. The Hall–Kier alpha value is -2.06. The molecule has 2 heterocycles. The van der Waals surface area contributed by atoms with Crippen LogP contribution in [0.5, 0.6) is 0 Å². The van der Waals surface area contributed by atoms with Crippen LogP contribution in [-0.4, -0.2) is 23.1 Å². The summed E-state index contributed by atoms with van der Waals surface area (Å²) < 4.78 is 2.55. The lowest BCUT2D eigenvalue weighted by Crippen LogP contribution is -2.27. The first kappa shape index (κ1) is 21.2. The van der Waals surface area contributed by atoms with Crippen LogP contribution < -0.4 is 0 Å². The van der Waals surface area contributed by atoms with Gasteiger partial charge in [0.05, 0.1) is 0 Å². The predicted octanol–water partition coefficient (Wildman–Crippen LogP) is 6.43. The molecule has 2 aromatic rings. The largest absolute Gasteiger partial charge is 0.344 e. The molecule has 1 aromatic heterocycles. The highest BCUT2D eigenvalue weighted by Gasteiger charge is 2.22. The maximum atomic E-state index is 4.00. The fourth-order valence-electron chi connectivity index (χ4n) is 3.72. The van der Waals surface area contributed by atoms with Gasteiger partial charge in [0.25, 0.3) is 0 Å². The van der Waals surface area contributed by atoms with Gasteiger partial charge in [0.15, 0.2) is 0 Å². The van der Waals surface area contributed by atoms with Gasteiger partial charge in [-0.15, -0.1) is 0 Å². The Labute approximate surface area is 165 Å². The van der Waals surface area contributed by atoms with Gasteiger partial charge in [0, 0.05) is 42.7 Å². The molecule has 0 amide bonds. The molecule has 1 aliphatic rings. The lowest BCUT2D eigenvalue weighted by Gasteiger charge is -2.24. The van der Waals surface area contributed by atoms with E-state index in [4.69, 9.17) is 0 Å². The number of aromatic nitrogens is 1. The molecule has 0 bridgehead atoms. The first-order valence-electron chi connectivity index (χ1n) is 10.2. The van der Waals surface area contributed by atoms with Crippen molar-refractivity contribution in [2.24, 2.45) is 0 Å². The number of nitrogens with zero attached hydrogens (tertiary/aromatic N) is 2. The molecule has 0 radical (unpaired) electrons. The van der Waals surface area contributed by atoms with E-state index >= 15 is 0 Å². The molecular formula is C25H36N2. The summed E-state index contributed by atoms with van der Waals surface area (Å²) in [5, 5.41) is 1.44. The number of hydrogen-bond donors (Lipinski definition) is 0. The summed E-state index contributed by atoms with van der Waals surface area (Å²) in [5.41, 5.74) is 8.41. The van der Waals surface area contributed by atoms with E-state index in [1.165, 1.54) is 38.9 Å². The van der Waals surface area contributed by atoms with Gasteiger partial charge in [0.1, 0.15) is 0 Å². The third-order valence-electron chi connectivity index (χ3n) is 5.12. The number of rotatable bonds is 5. The lowest BCUT2D eigenvalue weighted by molar-refractivity contribution is 0.309. The summed E-state index contributed by atoms with van der Waals surface area (Å²) in [6.45, 7) is 17.7. The van der Waals surface area contributed by atoms with Crippen molar-refractivity contribution >= 4 is 10.9 Å². The van der Waals surface area contributed by atoms with Crippen LogP contribution in [0.4, 0.5) is 0 Å². The maximum Gasteiger partial charge on any atom is 0.0486 e. The number of hydrogen-bond acceptors (Lipinski definition) is 1. The minimum absolute atomic E-state index is 1.02. The Bertz CT molecular complexity index is 845. The van der Waals surface area contributed by atoms with Crippen LogP contribution in [0.25, 0.3) is 10.9 Å². The van der Waals surface area contributed by atoms with E-state index in [9.17, 15) is 0 Å². The maximum absolute atomic E-state index is 4.00. The van der Waals surface area contributed by atoms with Crippen molar-refractivity contribution < 1.29 is 0 Å². The van der Waals surface area contributed by atoms with Crippen molar-refractivity contribution in [1.82, 2.24) is 9.47 Å². The van der Waals surface area contributed by atoms with Crippen LogP contribution in [-0.2, 0) is 19.5 Å². The van der Waals surface area contributed by atoms with E-state index in [2.05, 4.69) is 74.2 Å². The van der Waals surface area contributed by atoms with Crippen LogP contribution in [0.1, 0.15) is 50.9 Å². The average molecular weight is 365 g/mol. The van der Waals surface area contributed by atoms with Crippen LogP contribution >= 0.6 is 0 Å². The minimum Gasteiger partial charge on any atom is -0.344 e. The molecule has 2 heteroatoms. The van der Waals surface area contributed by atoms with Crippen molar-refractivity contribution in [3.63, 3.8) is 0 Å². The highest BCUT2D eigenvalue weighted by atomic mass is 15.1. The van der Waals surface area contributed by atoms with E-state index in [0.717, 1.165) is 32.5 Å². The highest BCUT2D eigenvalue weighted by molar-refractivity contribution is 5.86. The molecule has 0 aliphatic carbocycles. The molecule has 27 heavy (non-hydrogen) atoms. The van der Waals surface area contributed by atoms with Crippen molar-refractivity contribution in [3.8, 4) is 0 Å². The molecule has 146 valence electrons. The summed E-state index contributed by atoms with van der Waals surface area (Å²) >= 11 is 0. The van der Waals surface area contributed by atoms with Crippen LogP contribution in [0.2, 0.25) is 0 Å². The average Bonchev–Trinajstić information content (AvgIpc) is 2.95. The standard InChI is InChI=1S/C23H30N2.C2H6/c1-6-19(9-7-17(2)3)11-14-25-22-10-8-18(4)15-20(22)21-16-24(5)13-12-23(21)25;1-2/h6-10,15H,1,11-14,16H2,2-5H3;1-2H3/b19-9+;. The van der Waals surface area contributed by atoms with Gasteiger partial charge in [-0.05, 0) is 57.5 Å². The zero-order valence-electron chi connectivity index (χ0n) is 18.1. The zero-order chi connectivity index (χ0) is 20.0. The Kier molecular flexibility index (Phi) is 7.67. The van der Waals surface area contributed by atoms with Gasteiger partial charge in [0.2, 0.25) is 0 Å². The molecular weight excluding hydrogens is 328 g/mol. The Balaban J connectivity index is 0.00000126. The molecule has 3 rings (SSSR count). The fourth-order valence-corrected chi connectivity index (χ4v) is 3.72. The smallest absolute Gasteiger partial charge is 0.0486 e. The number of fused-ring (bicyclic) bond motifs is 3. The first-order valence-corrected chi connectivity index (χ1v) is 10.2. The van der Waals surface area contributed by atoms with Crippen molar-refractivity contribution in [2.75, 3.05) is 13.6 Å². The summed E-state index contributed by atoms with van der Waals surface area (Å²) in [4.78, 5) is 2.43. The SMILES string of the molecule is C=C/C(=C\C=C(C)C)CCn1c2c(c3cc(C)ccc31)CN(C)CC2.CC. The molecule has 0 fully saturated rings.